The molecule has 0 spiro atoms. The maximum Gasteiger partial charge on any atom is 0.165 e. The lowest BCUT2D eigenvalue weighted by atomic mass is 10.3. The monoisotopic (exact) mass is 144 g/mol. The van der Waals surface area contributed by atoms with Crippen LogP contribution < -0.4 is 0 Å². The molecule has 0 aromatic rings. The zero-order valence-electron chi connectivity index (χ0n) is 6.29. The molecule has 0 aromatic heterocycles. The second-order valence-corrected chi connectivity index (χ2v) is 2.27. The highest BCUT2D eigenvalue weighted by molar-refractivity contribution is 5.90. The molecule has 0 amide bonds. The summed E-state index contributed by atoms with van der Waals surface area (Å²) in [7, 11) is 0. The Bertz CT molecular complexity index is 118. The molecule has 0 bridgehead atoms. The molecule has 0 aliphatic rings. The number of ketones is 1. The third-order valence-electron chi connectivity index (χ3n) is 0.889. The van der Waals surface area contributed by atoms with Gasteiger partial charge in [0, 0.05) is 0 Å². The van der Waals surface area contributed by atoms with E-state index in [-0.39, 0.29) is 24.9 Å². The summed E-state index contributed by atoms with van der Waals surface area (Å²) in [5.74, 6) is -0.163. The molecule has 0 atom stereocenters. The van der Waals surface area contributed by atoms with Crippen molar-refractivity contribution < 1.29 is 14.3 Å². The molecule has 0 saturated carbocycles. The van der Waals surface area contributed by atoms with Crippen LogP contribution in [0.5, 0.6) is 0 Å². The number of hydrogen-bond donors (Lipinski definition) is 0. The van der Waals surface area contributed by atoms with Crippen molar-refractivity contribution in [1.29, 1.82) is 0 Å². The molecule has 10 heavy (non-hydrogen) atoms. The Labute approximate surface area is 60.4 Å². The number of ether oxygens (including phenoxy) is 1. The van der Waals surface area contributed by atoms with Gasteiger partial charge in [0.15, 0.2) is 5.78 Å². The number of carbonyl (C=O) groups is 2. The van der Waals surface area contributed by atoms with E-state index in [9.17, 15) is 9.59 Å². The molecular weight excluding hydrogens is 132 g/mol. The fourth-order valence-electron chi connectivity index (χ4n) is 0.411. The first-order valence-electron chi connectivity index (χ1n) is 3.23. The Morgan fingerprint density at radius 2 is 2.20 bits per heavy atom. The Hall–Kier alpha value is -0.700. The van der Waals surface area contributed by atoms with Crippen LogP contribution in [-0.2, 0) is 14.3 Å². The number of carbonyl (C=O) groups excluding carboxylic acids is 2. The van der Waals surface area contributed by atoms with E-state index in [1.54, 1.807) is 0 Å². The van der Waals surface area contributed by atoms with Crippen LogP contribution in [0.4, 0.5) is 0 Å². The summed E-state index contributed by atoms with van der Waals surface area (Å²) in [6.07, 6.45) is 0.606. The first-order chi connectivity index (χ1) is 4.66. The molecule has 0 unspecified atom stereocenters. The van der Waals surface area contributed by atoms with Gasteiger partial charge in [0.05, 0.1) is 12.5 Å². The van der Waals surface area contributed by atoms with Crippen LogP contribution in [-0.4, -0.2) is 24.8 Å². The summed E-state index contributed by atoms with van der Waals surface area (Å²) in [6.45, 7) is 3.73. The average molecular weight is 144 g/mol. The molecule has 58 valence electrons. The number of hydrogen-bond acceptors (Lipinski definition) is 3. The van der Waals surface area contributed by atoms with Gasteiger partial charge in [0.25, 0.3) is 0 Å². The minimum atomic E-state index is -0.163. The van der Waals surface area contributed by atoms with E-state index in [0.29, 0.717) is 6.29 Å². The second kappa shape index (κ2) is 5.11. The lowest BCUT2D eigenvalue weighted by Crippen LogP contribution is -2.13. The van der Waals surface area contributed by atoms with Crippen LogP contribution >= 0.6 is 0 Å². The highest BCUT2D eigenvalue weighted by atomic mass is 16.5. The van der Waals surface area contributed by atoms with Crippen molar-refractivity contribution in [1.82, 2.24) is 0 Å². The predicted molar refractivity (Wildman–Crippen MR) is 36.8 cm³/mol. The largest absolute Gasteiger partial charge is 0.371 e. The van der Waals surface area contributed by atoms with Crippen LogP contribution in [0.25, 0.3) is 0 Å². The third-order valence-corrected chi connectivity index (χ3v) is 0.889. The summed E-state index contributed by atoms with van der Waals surface area (Å²) in [5, 5.41) is 0. The van der Waals surface area contributed by atoms with Gasteiger partial charge in [0.1, 0.15) is 12.9 Å². The molecule has 0 saturated heterocycles. The van der Waals surface area contributed by atoms with E-state index < -0.39 is 0 Å². The third kappa shape index (κ3) is 5.44. The standard InChI is InChI=1S/C7H12O3/c1-6(2)10-5-7(9)3-4-8/h4,6H,3,5H2,1-2H3. The van der Waals surface area contributed by atoms with Crippen LogP contribution in [0, 0.1) is 0 Å². The van der Waals surface area contributed by atoms with Gasteiger partial charge in [-0.3, -0.25) is 4.79 Å². The van der Waals surface area contributed by atoms with Crippen molar-refractivity contribution in [3.8, 4) is 0 Å². The van der Waals surface area contributed by atoms with Crippen molar-refractivity contribution in [2.75, 3.05) is 6.61 Å². The second-order valence-electron chi connectivity index (χ2n) is 2.27. The quantitative estimate of drug-likeness (QED) is 0.418. The van der Waals surface area contributed by atoms with E-state index >= 15 is 0 Å². The summed E-state index contributed by atoms with van der Waals surface area (Å²) in [5.41, 5.74) is 0. The highest BCUT2D eigenvalue weighted by Crippen LogP contribution is 1.88. The fourth-order valence-corrected chi connectivity index (χ4v) is 0.411. The summed E-state index contributed by atoms with van der Waals surface area (Å²) in [4.78, 5) is 20.4. The van der Waals surface area contributed by atoms with E-state index in [2.05, 4.69) is 0 Å². The average Bonchev–Trinajstić information content (AvgIpc) is 1.85. The maximum atomic E-state index is 10.6. The Morgan fingerprint density at radius 3 is 2.60 bits per heavy atom. The van der Waals surface area contributed by atoms with Crippen LogP contribution in [0.1, 0.15) is 20.3 Å². The molecule has 0 fully saturated rings. The highest BCUT2D eigenvalue weighted by Gasteiger charge is 2.01. The zero-order valence-corrected chi connectivity index (χ0v) is 6.29. The molecule has 3 nitrogen and oxygen atoms in total. The van der Waals surface area contributed by atoms with Gasteiger partial charge in [-0.25, -0.2) is 0 Å². The van der Waals surface area contributed by atoms with Crippen LogP contribution in [0.2, 0.25) is 0 Å². The van der Waals surface area contributed by atoms with Crippen molar-refractivity contribution in [2.45, 2.75) is 26.4 Å². The Morgan fingerprint density at radius 1 is 1.60 bits per heavy atom. The van der Waals surface area contributed by atoms with Crippen LogP contribution in [0.3, 0.4) is 0 Å². The van der Waals surface area contributed by atoms with Gasteiger partial charge in [-0.15, -0.1) is 0 Å². The van der Waals surface area contributed by atoms with E-state index in [0.717, 1.165) is 0 Å². The van der Waals surface area contributed by atoms with Gasteiger partial charge in [0.2, 0.25) is 0 Å². The smallest absolute Gasteiger partial charge is 0.165 e. The number of aldehydes is 1. The fraction of sp³-hybridized carbons (Fsp3) is 0.714. The van der Waals surface area contributed by atoms with Crippen molar-refractivity contribution in [2.24, 2.45) is 0 Å². The number of Topliss-reactive ketones (excluding diaryl/α,β-unsaturated/α-hetero) is 1. The summed E-state index contributed by atoms with van der Waals surface area (Å²) >= 11 is 0. The van der Waals surface area contributed by atoms with Gasteiger partial charge < -0.3 is 9.53 Å². The zero-order chi connectivity index (χ0) is 7.98. The van der Waals surface area contributed by atoms with Crippen LogP contribution in [0.15, 0.2) is 0 Å². The Kier molecular flexibility index (Phi) is 4.76. The molecule has 0 radical (unpaired) electrons. The van der Waals surface area contributed by atoms with E-state index in [1.165, 1.54) is 0 Å². The first-order valence-corrected chi connectivity index (χ1v) is 3.23. The first kappa shape index (κ1) is 9.30. The van der Waals surface area contributed by atoms with Crippen molar-refractivity contribution in [3.05, 3.63) is 0 Å². The normalized spacial score (nSPS) is 9.90. The SMILES string of the molecule is CC(C)OCC(=O)CC=O. The molecule has 0 aliphatic carbocycles. The maximum absolute atomic E-state index is 10.6. The summed E-state index contributed by atoms with van der Waals surface area (Å²) in [6, 6.07) is 0. The van der Waals surface area contributed by atoms with Gasteiger partial charge in [-0.1, -0.05) is 0 Å². The molecule has 0 N–H and O–H groups in total. The molecular formula is C7H12O3. The van der Waals surface area contributed by atoms with E-state index in [1.807, 2.05) is 13.8 Å². The van der Waals surface area contributed by atoms with Crippen molar-refractivity contribution in [3.63, 3.8) is 0 Å². The number of rotatable bonds is 5. The van der Waals surface area contributed by atoms with Gasteiger partial charge in [-0.2, -0.15) is 0 Å². The summed E-state index contributed by atoms with van der Waals surface area (Å²) < 4.78 is 4.95. The molecule has 0 aromatic carbocycles. The lowest BCUT2D eigenvalue weighted by Gasteiger charge is -2.03. The van der Waals surface area contributed by atoms with E-state index in [4.69, 9.17) is 4.74 Å². The van der Waals surface area contributed by atoms with Gasteiger partial charge in [-0.05, 0) is 13.8 Å². The minimum absolute atomic E-state index is 0.0350. The molecule has 3 heteroatoms. The minimum Gasteiger partial charge on any atom is -0.371 e. The Balaban J connectivity index is 3.30. The lowest BCUT2D eigenvalue weighted by molar-refractivity contribution is -0.127. The molecule has 0 heterocycles. The molecule has 0 aliphatic heterocycles. The topological polar surface area (TPSA) is 43.4 Å². The van der Waals surface area contributed by atoms with Gasteiger partial charge >= 0.3 is 0 Å². The predicted octanol–water partition coefficient (Wildman–Crippen LogP) is 0.570. The van der Waals surface area contributed by atoms with Crippen molar-refractivity contribution >= 4 is 12.1 Å². The molecule has 0 rings (SSSR count).